The Morgan fingerprint density at radius 1 is 0.283 bits per heavy atom. The first kappa shape index (κ1) is 46.1. The molecule has 0 aromatic carbocycles. The van der Waals surface area contributed by atoms with Gasteiger partial charge >= 0.3 is 8.80 Å². The van der Waals surface area contributed by atoms with Crippen molar-refractivity contribution >= 4 is 8.80 Å². The van der Waals surface area contributed by atoms with Gasteiger partial charge in [0, 0.05) is 26.4 Å². The molecule has 0 aromatic heterocycles. The molecular weight excluding hydrogens is 581 g/mol. The normalized spacial score (nSPS) is 12.0. The van der Waals surface area contributed by atoms with Gasteiger partial charge in [0.2, 0.25) is 0 Å². The monoisotopic (exact) mass is 669 g/mol. The molecule has 0 radical (unpaired) electrons. The summed E-state index contributed by atoms with van der Waals surface area (Å²) in [5.74, 6) is 0. The van der Waals surface area contributed by atoms with Gasteiger partial charge in [-0.15, -0.1) is 0 Å². The standard InChI is InChI=1S/C42H88O3Si/c1-5-8-11-13-15-17-19-21-23-25-27-29-31-33-35-37-40-44-46(43-4,42-39-10-7-3)45-41-38-36-34-32-30-28-26-24-22-20-18-16-14-12-9-6-2/h5-42H2,1-4H3. The highest BCUT2D eigenvalue weighted by atomic mass is 28.4. The summed E-state index contributed by atoms with van der Waals surface area (Å²) >= 11 is 0. The summed E-state index contributed by atoms with van der Waals surface area (Å²) in [6, 6.07) is 0.981. The smallest absolute Gasteiger partial charge is 0.377 e. The average molecular weight is 669 g/mol. The van der Waals surface area contributed by atoms with Crippen LogP contribution in [-0.2, 0) is 13.3 Å². The van der Waals surface area contributed by atoms with Crippen LogP contribution in [0, 0.1) is 0 Å². The molecule has 0 saturated carbocycles. The van der Waals surface area contributed by atoms with Crippen LogP contribution in [0.1, 0.15) is 245 Å². The van der Waals surface area contributed by atoms with Crippen LogP contribution < -0.4 is 0 Å². The first-order chi connectivity index (χ1) is 22.7. The predicted octanol–water partition coefficient (Wildman–Crippen LogP) is 15.3. The maximum Gasteiger partial charge on any atom is 0.500 e. The maximum absolute atomic E-state index is 6.47. The van der Waals surface area contributed by atoms with Gasteiger partial charge in [-0.1, -0.05) is 226 Å². The van der Waals surface area contributed by atoms with Gasteiger partial charge in [-0.05, 0) is 19.3 Å². The van der Waals surface area contributed by atoms with Crippen molar-refractivity contribution < 1.29 is 13.3 Å². The van der Waals surface area contributed by atoms with Gasteiger partial charge in [0.15, 0.2) is 0 Å². The molecule has 0 aliphatic rings. The Bertz CT molecular complexity index is 505. The molecule has 0 rings (SSSR count). The average Bonchev–Trinajstić information content (AvgIpc) is 3.07. The van der Waals surface area contributed by atoms with Crippen LogP contribution in [0.15, 0.2) is 0 Å². The maximum atomic E-state index is 6.47. The lowest BCUT2D eigenvalue weighted by molar-refractivity contribution is 0.0735. The van der Waals surface area contributed by atoms with Crippen LogP contribution in [0.4, 0.5) is 0 Å². The summed E-state index contributed by atoms with van der Waals surface area (Å²) < 4.78 is 19.0. The van der Waals surface area contributed by atoms with E-state index >= 15 is 0 Å². The first-order valence-corrected chi connectivity index (χ1v) is 23.5. The molecular formula is C42H88O3Si. The van der Waals surface area contributed by atoms with Crippen molar-refractivity contribution in [1.82, 2.24) is 0 Å². The molecule has 0 amide bonds. The third-order valence-electron chi connectivity index (χ3n) is 10.0. The lowest BCUT2D eigenvalue weighted by atomic mass is 10.0. The van der Waals surface area contributed by atoms with E-state index in [1.807, 2.05) is 7.11 Å². The van der Waals surface area contributed by atoms with Gasteiger partial charge in [-0.3, -0.25) is 0 Å². The zero-order valence-electron chi connectivity index (χ0n) is 32.6. The van der Waals surface area contributed by atoms with Crippen molar-refractivity contribution in [3.05, 3.63) is 0 Å². The summed E-state index contributed by atoms with van der Waals surface area (Å²) in [6.45, 7) is 8.49. The van der Waals surface area contributed by atoms with Crippen molar-refractivity contribution in [2.75, 3.05) is 20.3 Å². The highest BCUT2D eigenvalue weighted by Crippen LogP contribution is 2.22. The molecule has 0 unspecified atom stereocenters. The highest BCUT2D eigenvalue weighted by Gasteiger charge is 2.39. The minimum Gasteiger partial charge on any atom is -0.377 e. The van der Waals surface area contributed by atoms with E-state index in [0.29, 0.717) is 0 Å². The van der Waals surface area contributed by atoms with E-state index in [1.165, 1.54) is 205 Å². The van der Waals surface area contributed by atoms with E-state index < -0.39 is 8.80 Å². The predicted molar refractivity (Wildman–Crippen MR) is 208 cm³/mol. The van der Waals surface area contributed by atoms with Gasteiger partial charge in [0.1, 0.15) is 0 Å². The molecule has 278 valence electrons. The minimum absolute atomic E-state index is 0.809. The molecule has 0 heterocycles. The summed E-state index contributed by atoms with van der Waals surface area (Å²) in [6.07, 6.45) is 48.4. The van der Waals surface area contributed by atoms with Gasteiger partial charge in [0.05, 0.1) is 0 Å². The Kier molecular flexibility index (Phi) is 39.6. The van der Waals surface area contributed by atoms with Crippen molar-refractivity contribution in [3.8, 4) is 0 Å². The molecule has 0 atom stereocenters. The van der Waals surface area contributed by atoms with Crippen LogP contribution in [-0.4, -0.2) is 29.1 Å². The van der Waals surface area contributed by atoms with Gasteiger partial charge in [-0.25, -0.2) is 0 Å². The molecule has 0 saturated heterocycles. The van der Waals surface area contributed by atoms with Crippen molar-refractivity contribution in [1.29, 1.82) is 0 Å². The lowest BCUT2D eigenvalue weighted by Gasteiger charge is -2.28. The second-order valence-electron chi connectivity index (χ2n) is 14.6. The third-order valence-corrected chi connectivity index (χ3v) is 12.9. The quantitative estimate of drug-likeness (QED) is 0.0479. The second kappa shape index (κ2) is 39.5. The molecule has 3 nitrogen and oxygen atoms in total. The van der Waals surface area contributed by atoms with Crippen LogP contribution in [0.25, 0.3) is 0 Å². The fraction of sp³-hybridized carbons (Fsp3) is 1.00. The summed E-state index contributed by atoms with van der Waals surface area (Å²) in [7, 11) is -0.692. The van der Waals surface area contributed by atoms with E-state index in [1.54, 1.807) is 0 Å². The lowest BCUT2D eigenvalue weighted by Crippen LogP contribution is -2.45. The summed E-state index contributed by atoms with van der Waals surface area (Å²) in [5, 5.41) is 0. The zero-order chi connectivity index (χ0) is 33.5. The number of rotatable bonds is 41. The van der Waals surface area contributed by atoms with Gasteiger partial charge in [-0.2, -0.15) is 0 Å². The molecule has 0 aliphatic carbocycles. The van der Waals surface area contributed by atoms with Crippen LogP contribution >= 0.6 is 0 Å². The van der Waals surface area contributed by atoms with Gasteiger partial charge < -0.3 is 13.3 Å². The Morgan fingerprint density at radius 2 is 0.500 bits per heavy atom. The molecule has 4 heteroatoms. The third kappa shape index (κ3) is 34.0. The molecule has 0 fully saturated rings. The number of hydrogen-bond acceptors (Lipinski definition) is 3. The summed E-state index contributed by atoms with van der Waals surface area (Å²) in [4.78, 5) is 0. The fourth-order valence-electron chi connectivity index (χ4n) is 6.75. The largest absolute Gasteiger partial charge is 0.500 e. The molecule has 0 N–H and O–H groups in total. The molecule has 46 heavy (non-hydrogen) atoms. The van der Waals surface area contributed by atoms with E-state index in [4.69, 9.17) is 13.3 Å². The summed E-state index contributed by atoms with van der Waals surface area (Å²) in [5.41, 5.74) is 0. The molecule has 0 aromatic rings. The fourth-order valence-corrected chi connectivity index (χ4v) is 9.16. The number of unbranched alkanes of at least 4 members (excludes halogenated alkanes) is 32. The zero-order valence-corrected chi connectivity index (χ0v) is 33.6. The Labute approximate surface area is 293 Å². The van der Waals surface area contributed by atoms with E-state index in [9.17, 15) is 0 Å². The molecule has 0 bridgehead atoms. The minimum atomic E-state index is -2.52. The van der Waals surface area contributed by atoms with Crippen LogP contribution in [0.2, 0.25) is 6.04 Å². The van der Waals surface area contributed by atoms with Crippen molar-refractivity contribution in [2.24, 2.45) is 0 Å². The SMILES string of the molecule is CCCCCCCCCCCCCCCCCCO[Si](CCCCC)(OC)OCCCCCCCCCCCCCCCCCC. The topological polar surface area (TPSA) is 27.7 Å². The Balaban J connectivity index is 3.77. The van der Waals surface area contributed by atoms with Crippen molar-refractivity contribution in [2.45, 2.75) is 252 Å². The Hall–Kier alpha value is 0.0969. The first-order valence-electron chi connectivity index (χ1n) is 21.6. The van der Waals surface area contributed by atoms with E-state index in [2.05, 4.69) is 20.8 Å². The second-order valence-corrected chi connectivity index (χ2v) is 17.5. The van der Waals surface area contributed by atoms with Crippen LogP contribution in [0.5, 0.6) is 0 Å². The molecule has 0 spiro atoms. The number of hydrogen-bond donors (Lipinski definition) is 0. The van der Waals surface area contributed by atoms with Crippen LogP contribution in [0.3, 0.4) is 0 Å². The Morgan fingerprint density at radius 3 is 0.739 bits per heavy atom. The highest BCUT2D eigenvalue weighted by molar-refractivity contribution is 6.60. The van der Waals surface area contributed by atoms with Crippen molar-refractivity contribution in [3.63, 3.8) is 0 Å². The van der Waals surface area contributed by atoms with E-state index in [-0.39, 0.29) is 0 Å². The van der Waals surface area contributed by atoms with Gasteiger partial charge in [0.25, 0.3) is 0 Å². The van der Waals surface area contributed by atoms with E-state index in [0.717, 1.165) is 38.5 Å². The molecule has 0 aliphatic heterocycles.